The number of carbonyl (C=O) groups is 1. The van der Waals surface area contributed by atoms with Gasteiger partial charge in [0.25, 0.3) is 5.91 Å². The van der Waals surface area contributed by atoms with E-state index < -0.39 is 5.91 Å². The summed E-state index contributed by atoms with van der Waals surface area (Å²) in [5.41, 5.74) is -0.0483. The Morgan fingerprint density at radius 3 is 2.53 bits per heavy atom. The van der Waals surface area contributed by atoms with Gasteiger partial charge >= 0.3 is 0 Å². The molecule has 0 unspecified atom stereocenters. The first-order chi connectivity index (χ1) is 9.18. The zero-order valence-electron chi connectivity index (χ0n) is 10.9. The van der Waals surface area contributed by atoms with E-state index in [2.05, 4.69) is 10.6 Å². The van der Waals surface area contributed by atoms with Crippen LogP contribution in [0.2, 0.25) is 0 Å². The molecule has 2 rings (SSSR count). The maximum absolute atomic E-state index is 11.9. The third-order valence-electron chi connectivity index (χ3n) is 3.54. The van der Waals surface area contributed by atoms with Crippen LogP contribution in [0.1, 0.15) is 29.6 Å². The third-order valence-corrected chi connectivity index (χ3v) is 3.54. The molecular formula is C14H20N2O3. The third kappa shape index (κ3) is 3.61. The monoisotopic (exact) mass is 264 g/mol. The van der Waals surface area contributed by atoms with Gasteiger partial charge in [-0.05, 0) is 50.4 Å². The lowest BCUT2D eigenvalue weighted by Gasteiger charge is -2.22. The van der Waals surface area contributed by atoms with Gasteiger partial charge in [0, 0.05) is 6.54 Å². The second-order valence-corrected chi connectivity index (χ2v) is 4.91. The van der Waals surface area contributed by atoms with E-state index in [1.165, 1.54) is 18.2 Å². The fourth-order valence-corrected chi connectivity index (χ4v) is 2.41. The van der Waals surface area contributed by atoms with Crippen molar-refractivity contribution in [1.29, 1.82) is 0 Å². The Kier molecular flexibility index (Phi) is 4.63. The normalized spacial score (nSPS) is 16.2. The average molecular weight is 264 g/mol. The molecule has 0 atom stereocenters. The van der Waals surface area contributed by atoms with E-state index in [-0.39, 0.29) is 17.1 Å². The van der Waals surface area contributed by atoms with Crippen LogP contribution in [0.5, 0.6) is 11.5 Å². The smallest absolute Gasteiger partial charge is 0.258 e. The number of aromatic hydroxyl groups is 2. The molecular weight excluding hydrogens is 244 g/mol. The minimum Gasteiger partial charge on any atom is -0.507 e. The molecule has 0 radical (unpaired) electrons. The quantitative estimate of drug-likeness (QED) is 0.659. The molecule has 1 fully saturated rings. The summed E-state index contributed by atoms with van der Waals surface area (Å²) in [7, 11) is 0. The topological polar surface area (TPSA) is 81.6 Å². The molecule has 5 nitrogen and oxygen atoms in total. The molecule has 0 aliphatic carbocycles. The molecule has 4 N–H and O–H groups in total. The average Bonchev–Trinajstić information content (AvgIpc) is 2.40. The summed E-state index contributed by atoms with van der Waals surface area (Å²) < 4.78 is 0. The van der Waals surface area contributed by atoms with Crippen LogP contribution >= 0.6 is 0 Å². The molecule has 1 aromatic carbocycles. The summed E-state index contributed by atoms with van der Waals surface area (Å²) in [6.45, 7) is 2.65. The number of carbonyl (C=O) groups excluding carboxylic acids is 1. The van der Waals surface area contributed by atoms with E-state index >= 15 is 0 Å². The van der Waals surface area contributed by atoms with E-state index in [1.54, 1.807) is 0 Å². The Morgan fingerprint density at radius 1 is 1.26 bits per heavy atom. The lowest BCUT2D eigenvalue weighted by Crippen LogP contribution is -2.31. The first-order valence-electron chi connectivity index (χ1n) is 6.68. The van der Waals surface area contributed by atoms with Gasteiger partial charge in [-0.25, -0.2) is 0 Å². The van der Waals surface area contributed by atoms with Crippen LogP contribution in [0.3, 0.4) is 0 Å². The van der Waals surface area contributed by atoms with Crippen LogP contribution in [-0.2, 0) is 0 Å². The van der Waals surface area contributed by atoms with Gasteiger partial charge in [-0.2, -0.15) is 0 Å². The lowest BCUT2D eigenvalue weighted by molar-refractivity contribution is 0.0945. The number of benzene rings is 1. The van der Waals surface area contributed by atoms with Crippen LogP contribution in [0.4, 0.5) is 0 Å². The first kappa shape index (κ1) is 13.7. The minimum absolute atomic E-state index is 0.0483. The molecule has 0 aromatic heterocycles. The number of hydrogen-bond donors (Lipinski definition) is 4. The molecule has 0 spiro atoms. The number of rotatable bonds is 4. The number of phenols is 2. The highest BCUT2D eigenvalue weighted by Crippen LogP contribution is 2.25. The fourth-order valence-electron chi connectivity index (χ4n) is 2.41. The molecule has 1 aromatic rings. The number of amides is 1. The van der Waals surface area contributed by atoms with Crippen molar-refractivity contribution in [3.8, 4) is 11.5 Å². The van der Waals surface area contributed by atoms with Crippen molar-refractivity contribution in [3.63, 3.8) is 0 Å². The van der Waals surface area contributed by atoms with Crippen LogP contribution in [0.25, 0.3) is 0 Å². The maximum Gasteiger partial charge on any atom is 0.258 e. The largest absolute Gasteiger partial charge is 0.507 e. The summed E-state index contributed by atoms with van der Waals surface area (Å²) in [5, 5.41) is 25.2. The second-order valence-electron chi connectivity index (χ2n) is 4.91. The Balaban J connectivity index is 1.84. The van der Waals surface area contributed by atoms with E-state index in [0.717, 1.165) is 32.4 Å². The van der Waals surface area contributed by atoms with Gasteiger partial charge in [0.05, 0.1) is 0 Å². The number of piperidine rings is 1. The molecule has 1 saturated heterocycles. The van der Waals surface area contributed by atoms with E-state index in [9.17, 15) is 15.0 Å². The van der Waals surface area contributed by atoms with E-state index in [0.29, 0.717) is 12.5 Å². The van der Waals surface area contributed by atoms with Crippen LogP contribution in [0.15, 0.2) is 18.2 Å². The summed E-state index contributed by atoms with van der Waals surface area (Å²) in [6.07, 6.45) is 3.21. The van der Waals surface area contributed by atoms with Crippen molar-refractivity contribution >= 4 is 5.91 Å². The maximum atomic E-state index is 11.9. The number of nitrogens with one attached hydrogen (secondary N) is 2. The number of phenolic OH excluding ortho intramolecular Hbond substituents is 2. The highest BCUT2D eigenvalue weighted by Gasteiger charge is 2.17. The number of hydrogen-bond acceptors (Lipinski definition) is 4. The van der Waals surface area contributed by atoms with Crippen molar-refractivity contribution in [1.82, 2.24) is 10.6 Å². The van der Waals surface area contributed by atoms with Crippen LogP contribution < -0.4 is 10.6 Å². The Bertz CT molecular complexity index is 422. The van der Waals surface area contributed by atoms with Gasteiger partial charge in [0.2, 0.25) is 0 Å². The van der Waals surface area contributed by atoms with Crippen molar-refractivity contribution in [2.24, 2.45) is 5.92 Å². The highest BCUT2D eigenvalue weighted by molar-refractivity contribution is 5.99. The Hall–Kier alpha value is -1.75. The van der Waals surface area contributed by atoms with Gasteiger partial charge in [-0.15, -0.1) is 0 Å². The standard InChI is InChI=1S/C14H20N2O3/c17-11-2-1-3-12(18)13(11)14(19)16-9-6-10-4-7-15-8-5-10/h1-3,10,15,17-18H,4-9H2,(H,16,19). The Morgan fingerprint density at radius 2 is 1.89 bits per heavy atom. The van der Waals surface area contributed by atoms with Crippen molar-refractivity contribution in [2.45, 2.75) is 19.3 Å². The van der Waals surface area contributed by atoms with Crippen LogP contribution in [-0.4, -0.2) is 35.8 Å². The zero-order valence-corrected chi connectivity index (χ0v) is 10.9. The van der Waals surface area contributed by atoms with Gasteiger partial charge < -0.3 is 20.8 Å². The highest BCUT2D eigenvalue weighted by atomic mass is 16.3. The van der Waals surface area contributed by atoms with Crippen LogP contribution in [0, 0.1) is 5.92 Å². The second kappa shape index (κ2) is 6.43. The molecule has 0 bridgehead atoms. The predicted molar refractivity (Wildman–Crippen MR) is 72.3 cm³/mol. The summed E-state index contributed by atoms with van der Waals surface area (Å²) in [4.78, 5) is 11.9. The molecule has 1 heterocycles. The molecule has 1 aliphatic heterocycles. The van der Waals surface area contributed by atoms with Crippen molar-refractivity contribution in [3.05, 3.63) is 23.8 Å². The molecule has 5 heteroatoms. The van der Waals surface area contributed by atoms with Gasteiger partial charge in [0.1, 0.15) is 17.1 Å². The molecule has 19 heavy (non-hydrogen) atoms. The Labute approximate surface area is 112 Å². The van der Waals surface area contributed by atoms with Gasteiger partial charge in [-0.3, -0.25) is 4.79 Å². The first-order valence-corrected chi connectivity index (χ1v) is 6.68. The lowest BCUT2D eigenvalue weighted by atomic mass is 9.95. The van der Waals surface area contributed by atoms with E-state index in [4.69, 9.17) is 0 Å². The zero-order chi connectivity index (χ0) is 13.7. The molecule has 1 amide bonds. The van der Waals surface area contributed by atoms with Gasteiger partial charge in [0.15, 0.2) is 0 Å². The van der Waals surface area contributed by atoms with Gasteiger partial charge in [-0.1, -0.05) is 6.07 Å². The summed E-state index contributed by atoms with van der Waals surface area (Å²) in [6, 6.07) is 4.28. The minimum atomic E-state index is -0.426. The van der Waals surface area contributed by atoms with Crippen molar-refractivity contribution in [2.75, 3.05) is 19.6 Å². The van der Waals surface area contributed by atoms with Crippen molar-refractivity contribution < 1.29 is 15.0 Å². The molecule has 1 aliphatic rings. The summed E-state index contributed by atoms with van der Waals surface area (Å²) >= 11 is 0. The fraction of sp³-hybridized carbons (Fsp3) is 0.500. The van der Waals surface area contributed by atoms with E-state index in [1.807, 2.05) is 0 Å². The predicted octanol–water partition coefficient (Wildman–Crippen LogP) is 1.22. The molecule has 104 valence electrons. The SMILES string of the molecule is O=C(NCCC1CCNCC1)c1c(O)cccc1O. The summed E-state index contributed by atoms with van der Waals surface area (Å²) in [5.74, 6) is -0.178. The molecule has 0 saturated carbocycles.